The highest BCUT2D eigenvalue weighted by molar-refractivity contribution is 5.83. The lowest BCUT2D eigenvalue weighted by Crippen LogP contribution is -2.46. The average Bonchev–Trinajstić information content (AvgIpc) is 2.72. The van der Waals surface area contributed by atoms with Gasteiger partial charge in [0.1, 0.15) is 11.8 Å². The molecular weight excluding hydrogens is 238 g/mol. The number of amides is 1. The van der Waals surface area contributed by atoms with Gasteiger partial charge in [0.15, 0.2) is 0 Å². The number of hydrogen-bond acceptors (Lipinski definition) is 6. The van der Waals surface area contributed by atoms with Gasteiger partial charge in [-0.25, -0.2) is 9.78 Å². The lowest BCUT2D eigenvalue weighted by molar-refractivity contribution is -0.144. The molecule has 2 N–H and O–H groups in total. The molecule has 0 saturated heterocycles. The SMILES string of the molecule is COC(=O)C(CNCc1ncc(C)o1)NC(C)=O. The summed E-state index contributed by atoms with van der Waals surface area (Å²) in [7, 11) is 1.27. The number of nitrogens with one attached hydrogen (secondary N) is 2. The molecule has 0 radical (unpaired) electrons. The van der Waals surface area contributed by atoms with Gasteiger partial charge in [0.2, 0.25) is 11.8 Å². The lowest BCUT2D eigenvalue weighted by Gasteiger charge is -2.15. The molecule has 0 spiro atoms. The first-order valence-corrected chi connectivity index (χ1v) is 5.50. The normalized spacial score (nSPS) is 11.9. The molecular formula is C11H17N3O4. The summed E-state index contributed by atoms with van der Waals surface area (Å²) >= 11 is 0. The van der Waals surface area contributed by atoms with Crippen molar-refractivity contribution < 1.29 is 18.7 Å². The van der Waals surface area contributed by atoms with Crippen molar-refractivity contribution >= 4 is 11.9 Å². The van der Waals surface area contributed by atoms with Crippen molar-refractivity contribution in [1.82, 2.24) is 15.6 Å². The van der Waals surface area contributed by atoms with Crippen LogP contribution in [0.4, 0.5) is 0 Å². The molecule has 7 nitrogen and oxygen atoms in total. The van der Waals surface area contributed by atoms with Crippen molar-refractivity contribution in [2.75, 3.05) is 13.7 Å². The first-order valence-electron chi connectivity index (χ1n) is 5.50. The zero-order valence-corrected chi connectivity index (χ0v) is 10.6. The van der Waals surface area contributed by atoms with Crippen LogP contribution in [0.25, 0.3) is 0 Å². The van der Waals surface area contributed by atoms with Gasteiger partial charge in [0.05, 0.1) is 19.9 Å². The van der Waals surface area contributed by atoms with E-state index in [-0.39, 0.29) is 12.5 Å². The van der Waals surface area contributed by atoms with Gasteiger partial charge in [-0.05, 0) is 6.92 Å². The molecule has 0 aliphatic heterocycles. The topological polar surface area (TPSA) is 93.5 Å². The zero-order chi connectivity index (χ0) is 13.5. The molecule has 1 atom stereocenters. The van der Waals surface area contributed by atoms with Gasteiger partial charge in [-0.2, -0.15) is 0 Å². The summed E-state index contributed by atoms with van der Waals surface area (Å²) in [4.78, 5) is 26.3. The second-order valence-corrected chi connectivity index (χ2v) is 3.77. The first-order chi connectivity index (χ1) is 8.52. The van der Waals surface area contributed by atoms with Gasteiger partial charge in [-0.3, -0.25) is 4.79 Å². The number of rotatable bonds is 6. The first kappa shape index (κ1) is 14.2. The number of carbonyl (C=O) groups excluding carboxylic acids is 2. The quantitative estimate of drug-likeness (QED) is 0.681. The summed E-state index contributed by atoms with van der Waals surface area (Å²) < 4.78 is 9.84. The molecule has 1 amide bonds. The molecule has 18 heavy (non-hydrogen) atoms. The number of aryl methyl sites for hydroxylation is 1. The summed E-state index contributed by atoms with van der Waals surface area (Å²) in [5.41, 5.74) is 0. The fraction of sp³-hybridized carbons (Fsp3) is 0.545. The van der Waals surface area contributed by atoms with Crippen molar-refractivity contribution in [3.8, 4) is 0 Å². The third kappa shape index (κ3) is 4.54. The number of carbonyl (C=O) groups is 2. The molecule has 0 aromatic carbocycles. The number of aromatic nitrogens is 1. The van der Waals surface area contributed by atoms with Crippen LogP contribution in [0.15, 0.2) is 10.6 Å². The Labute approximate surface area is 105 Å². The number of oxazole rings is 1. The second kappa shape index (κ2) is 6.75. The van der Waals surface area contributed by atoms with E-state index in [2.05, 4.69) is 20.4 Å². The van der Waals surface area contributed by atoms with Crippen molar-refractivity contribution in [2.45, 2.75) is 26.4 Å². The maximum Gasteiger partial charge on any atom is 0.329 e. The molecule has 0 aliphatic rings. The van der Waals surface area contributed by atoms with Crippen molar-refractivity contribution in [2.24, 2.45) is 0 Å². The Morgan fingerprint density at radius 2 is 2.28 bits per heavy atom. The van der Waals surface area contributed by atoms with E-state index in [1.807, 2.05) is 0 Å². The fourth-order valence-electron chi connectivity index (χ4n) is 1.39. The van der Waals surface area contributed by atoms with E-state index in [1.165, 1.54) is 14.0 Å². The summed E-state index contributed by atoms with van der Waals surface area (Å²) in [5.74, 6) is 0.456. The van der Waals surface area contributed by atoms with Gasteiger partial charge >= 0.3 is 5.97 Å². The maximum absolute atomic E-state index is 11.4. The van der Waals surface area contributed by atoms with Gasteiger partial charge in [0.25, 0.3) is 0 Å². The molecule has 1 aromatic rings. The number of ether oxygens (including phenoxy) is 1. The smallest absolute Gasteiger partial charge is 0.329 e. The molecule has 1 heterocycles. The van der Waals surface area contributed by atoms with Crippen LogP contribution in [-0.4, -0.2) is 36.6 Å². The highest BCUT2D eigenvalue weighted by Gasteiger charge is 2.19. The van der Waals surface area contributed by atoms with E-state index >= 15 is 0 Å². The van der Waals surface area contributed by atoms with Gasteiger partial charge in [0, 0.05) is 13.5 Å². The Morgan fingerprint density at radius 1 is 1.56 bits per heavy atom. The molecule has 0 saturated carbocycles. The van der Waals surface area contributed by atoms with Crippen LogP contribution < -0.4 is 10.6 Å². The van der Waals surface area contributed by atoms with Gasteiger partial charge in [-0.15, -0.1) is 0 Å². The van der Waals surface area contributed by atoms with E-state index in [0.717, 1.165) is 5.76 Å². The number of hydrogen-bond donors (Lipinski definition) is 2. The standard InChI is InChI=1S/C11H17N3O4/c1-7-4-13-10(18-7)6-12-5-9(11(16)17-3)14-8(2)15/h4,9,12H,5-6H2,1-3H3,(H,14,15). The summed E-state index contributed by atoms with van der Waals surface area (Å²) in [5, 5.41) is 5.46. The third-order valence-electron chi connectivity index (χ3n) is 2.16. The Kier molecular flexibility index (Phi) is 5.31. The number of nitrogens with zero attached hydrogens (tertiary/aromatic N) is 1. The van der Waals surface area contributed by atoms with Crippen LogP contribution in [0.5, 0.6) is 0 Å². The van der Waals surface area contributed by atoms with E-state index in [9.17, 15) is 9.59 Å². The van der Waals surface area contributed by atoms with Crippen LogP contribution in [0.1, 0.15) is 18.6 Å². The molecule has 0 aliphatic carbocycles. The summed E-state index contributed by atoms with van der Waals surface area (Å²) in [6.07, 6.45) is 1.61. The summed E-state index contributed by atoms with van der Waals surface area (Å²) in [6.45, 7) is 3.76. The van der Waals surface area contributed by atoms with Crippen LogP contribution >= 0.6 is 0 Å². The van der Waals surface area contributed by atoms with Gasteiger partial charge in [-0.1, -0.05) is 0 Å². The van der Waals surface area contributed by atoms with Crippen molar-refractivity contribution in [1.29, 1.82) is 0 Å². The van der Waals surface area contributed by atoms with E-state index in [1.54, 1.807) is 13.1 Å². The van der Waals surface area contributed by atoms with E-state index in [0.29, 0.717) is 12.4 Å². The predicted octanol–water partition coefficient (Wildman–Crippen LogP) is -0.250. The minimum Gasteiger partial charge on any atom is -0.467 e. The zero-order valence-electron chi connectivity index (χ0n) is 10.6. The molecule has 100 valence electrons. The van der Waals surface area contributed by atoms with Crippen LogP contribution in [0.3, 0.4) is 0 Å². The van der Waals surface area contributed by atoms with E-state index < -0.39 is 12.0 Å². The Hall–Kier alpha value is -1.89. The maximum atomic E-state index is 11.4. The largest absolute Gasteiger partial charge is 0.467 e. The molecule has 1 rings (SSSR count). The number of esters is 1. The van der Waals surface area contributed by atoms with Crippen molar-refractivity contribution in [3.05, 3.63) is 17.8 Å². The highest BCUT2D eigenvalue weighted by Crippen LogP contribution is 2.00. The number of methoxy groups -OCH3 is 1. The summed E-state index contributed by atoms with van der Waals surface area (Å²) in [6, 6.07) is -0.719. The minimum atomic E-state index is -0.719. The van der Waals surface area contributed by atoms with E-state index in [4.69, 9.17) is 4.42 Å². The van der Waals surface area contributed by atoms with Crippen LogP contribution in [0, 0.1) is 6.92 Å². The fourth-order valence-corrected chi connectivity index (χ4v) is 1.39. The van der Waals surface area contributed by atoms with Crippen LogP contribution in [0.2, 0.25) is 0 Å². The Bertz CT molecular complexity index is 416. The lowest BCUT2D eigenvalue weighted by atomic mass is 10.3. The Balaban J connectivity index is 2.41. The third-order valence-corrected chi connectivity index (χ3v) is 2.16. The molecule has 0 fully saturated rings. The Morgan fingerprint density at radius 3 is 2.78 bits per heavy atom. The van der Waals surface area contributed by atoms with Crippen LogP contribution in [-0.2, 0) is 20.9 Å². The van der Waals surface area contributed by atoms with Gasteiger partial charge < -0.3 is 19.8 Å². The predicted molar refractivity (Wildman–Crippen MR) is 62.6 cm³/mol. The molecule has 1 aromatic heterocycles. The average molecular weight is 255 g/mol. The molecule has 7 heteroatoms. The minimum absolute atomic E-state index is 0.244. The molecule has 1 unspecified atom stereocenters. The monoisotopic (exact) mass is 255 g/mol. The second-order valence-electron chi connectivity index (χ2n) is 3.77. The molecule has 0 bridgehead atoms. The highest BCUT2D eigenvalue weighted by atomic mass is 16.5. The van der Waals surface area contributed by atoms with Crippen molar-refractivity contribution in [3.63, 3.8) is 0 Å².